The monoisotopic (exact) mass is 375 g/mol. The van der Waals surface area contributed by atoms with E-state index in [0.29, 0.717) is 24.2 Å². The lowest BCUT2D eigenvalue weighted by atomic mass is 10.1. The molecule has 0 saturated heterocycles. The minimum atomic E-state index is -3.79. The Labute approximate surface area is 152 Å². The van der Waals surface area contributed by atoms with Gasteiger partial charge in [0.1, 0.15) is 6.54 Å². The number of anilines is 1. The van der Waals surface area contributed by atoms with Gasteiger partial charge in [-0.15, -0.1) is 0 Å². The molecule has 1 heterocycles. The lowest BCUT2D eigenvalue weighted by Crippen LogP contribution is -2.45. The lowest BCUT2D eigenvalue weighted by molar-refractivity contribution is -0.134. The average molecular weight is 375 g/mol. The first-order valence-electron chi connectivity index (χ1n) is 8.49. The Morgan fingerprint density at radius 3 is 2.46 bits per heavy atom. The third kappa shape index (κ3) is 3.01. The van der Waals surface area contributed by atoms with Crippen LogP contribution >= 0.6 is 0 Å². The highest BCUT2D eigenvalue weighted by molar-refractivity contribution is 7.93. The minimum Gasteiger partial charge on any atom is -0.355 e. The fourth-order valence-electron chi connectivity index (χ4n) is 3.15. The zero-order valence-corrected chi connectivity index (χ0v) is 15.5. The van der Waals surface area contributed by atoms with Crippen molar-refractivity contribution in [3.8, 4) is 0 Å². The van der Waals surface area contributed by atoms with Crippen LogP contribution in [0.4, 0.5) is 5.69 Å². The lowest BCUT2D eigenvalue weighted by Gasteiger charge is -2.24. The zero-order valence-electron chi connectivity index (χ0n) is 14.7. The van der Waals surface area contributed by atoms with Crippen LogP contribution in [-0.2, 0) is 19.6 Å². The largest absolute Gasteiger partial charge is 0.355 e. The molecule has 0 fully saturated rings. The molecule has 2 aromatic carbocycles. The molecule has 2 aromatic rings. The van der Waals surface area contributed by atoms with Crippen LogP contribution in [0.25, 0.3) is 10.8 Å². The summed E-state index contributed by atoms with van der Waals surface area (Å²) in [7, 11) is -3.79. The summed E-state index contributed by atoms with van der Waals surface area (Å²) >= 11 is 0. The number of rotatable bonds is 6. The third-order valence-corrected chi connectivity index (χ3v) is 6.21. The second-order valence-electron chi connectivity index (χ2n) is 6.00. The van der Waals surface area contributed by atoms with Crippen molar-refractivity contribution >= 4 is 38.3 Å². The van der Waals surface area contributed by atoms with Crippen molar-refractivity contribution in [2.24, 2.45) is 0 Å². The van der Waals surface area contributed by atoms with Gasteiger partial charge in [-0.1, -0.05) is 24.3 Å². The summed E-state index contributed by atoms with van der Waals surface area (Å²) in [5, 5.41) is 4.09. The van der Waals surface area contributed by atoms with Crippen molar-refractivity contribution in [2.45, 2.75) is 18.7 Å². The molecule has 1 aliphatic rings. The Morgan fingerprint density at radius 2 is 1.81 bits per heavy atom. The molecule has 1 N–H and O–H groups in total. The van der Waals surface area contributed by atoms with E-state index >= 15 is 0 Å². The summed E-state index contributed by atoms with van der Waals surface area (Å²) in [5.74, 6) is -0.676. The van der Waals surface area contributed by atoms with Gasteiger partial charge in [-0.2, -0.15) is 0 Å². The number of carbonyl (C=O) groups is 2. The molecule has 0 radical (unpaired) electrons. The molecule has 7 nitrogen and oxygen atoms in total. The van der Waals surface area contributed by atoms with Gasteiger partial charge in [-0.3, -0.25) is 13.9 Å². The average Bonchev–Trinajstić information content (AvgIpc) is 2.83. The first-order chi connectivity index (χ1) is 12.4. The highest BCUT2D eigenvalue weighted by Crippen LogP contribution is 2.41. The van der Waals surface area contributed by atoms with Gasteiger partial charge >= 0.3 is 0 Å². The van der Waals surface area contributed by atoms with E-state index < -0.39 is 15.9 Å². The second-order valence-corrected chi connectivity index (χ2v) is 7.84. The van der Waals surface area contributed by atoms with Gasteiger partial charge in [0.05, 0.1) is 17.1 Å². The summed E-state index contributed by atoms with van der Waals surface area (Å²) in [6.07, 6.45) is 0. The Bertz CT molecular complexity index is 966. The molecule has 0 atom stereocenters. The quantitative estimate of drug-likeness (QED) is 0.825. The molecular formula is C18H21N3O4S. The van der Waals surface area contributed by atoms with Crippen molar-refractivity contribution in [2.75, 3.05) is 30.5 Å². The van der Waals surface area contributed by atoms with E-state index in [1.165, 1.54) is 4.90 Å². The van der Waals surface area contributed by atoms with Crippen molar-refractivity contribution < 1.29 is 18.0 Å². The van der Waals surface area contributed by atoms with E-state index in [0.717, 1.165) is 9.69 Å². The van der Waals surface area contributed by atoms with E-state index in [1.54, 1.807) is 38.1 Å². The molecule has 0 aliphatic carbocycles. The van der Waals surface area contributed by atoms with Gasteiger partial charge in [0, 0.05) is 18.5 Å². The van der Waals surface area contributed by atoms with Crippen molar-refractivity contribution in [3.05, 3.63) is 36.4 Å². The Hall–Kier alpha value is -2.61. The number of benzene rings is 2. The van der Waals surface area contributed by atoms with Crippen LogP contribution in [0.1, 0.15) is 13.8 Å². The molecule has 0 saturated carbocycles. The molecule has 138 valence electrons. The van der Waals surface area contributed by atoms with Crippen LogP contribution in [0.5, 0.6) is 0 Å². The van der Waals surface area contributed by atoms with Crippen LogP contribution in [0, 0.1) is 0 Å². The minimum absolute atomic E-state index is 0.0891. The maximum atomic E-state index is 12.9. The zero-order chi connectivity index (χ0) is 18.9. The molecule has 3 rings (SSSR count). The molecule has 0 aromatic heterocycles. The number of nitrogens with one attached hydrogen (secondary N) is 1. The maximum absolute atomic E-state index is 12.9. The Kier molecular flexibility index (Phi) is 4.86. The molecule has 2 amide bonds. The van der Waals surface area contributed by atoms with Gasteiger partial charge < -0.3 is 10.2 Å². The Balaban J connectivity index is 1.90. The maximum Gasteiger partial charge on any atom is 0.265 e. The topological polar surface area (TPSA) is 86.8 Å². The fourth-order valence-corrected chi connectivity index (χ4v) is 4.81. The highest BCUT2D eigenvalue weighted by Gasteiger charge is 2.37. The van der Waals surface area contributed by atoms with Crippen LogP contribution in [0.3, 0.4) is 0 Å². The van der Waals surface area contributed by atoms with E-state index in [1.807, 2.05) is 12.1 Å². The number of hydrogen-bond acceptors (Lipinski definition) is 4. The van der Waals surface area contributed by atoms with Crippen LogP contribution < -0.4 is 9.62 Å². The Morgan fingerprint density at radius 1 is 1.12 bits per heavy atom. The summed E-state index contributed by atoms with van der Waals surface area (Å²) in [6, 6.07) is 10.4. The number of likely N-dealkylation sites (N-methyl/N-ethyl adjacent to an activating group) is 2. The van der Waals surface area contributed by atoms with Gasteiger partial charge in [0.25, 0.3) is 10.0 Å². The predicted molar refractivity (Wildman–Crippen MR) is 99.4 cm³/mol. The fraction of sp³-hybridized carbons (Fsp3) is 0.333. The molecule has 1 aliphatic heterocycles. The molecule has 8 heteroatoms. The number of amides is 2. The summed E-state index contributed by atoms with van der Waals surface area (Å²) < 4.78 is 27.0. The smallest absolute Gasteiger partial charge is 0.265 e. The van der Waals surface area contributed by atoms with E-state index in [4.69, 9.17) is 0 Å². The van der Waals surface area contributed by atoms with Crippen molar-refractivity contribution in [3.63, 3.8) is 0 Å². The van der Waals surface area contributed by atoms with Crippen LogP contribution in [-0.4, -0.2) is 51.3 Å². The van der Waals surface area contributed by atoms with Crippen LogP contribution in [0.2, 0.25) is 0 Å². The van der Waals surface area contributed by atoms with E-state index in [2.05, 4.69) is 5.32 Å². The van der Waals surface area contributed by atoms with Gasteiger partial charge in [0.2, 0.25) is 11.8 Å². The van der Waals surface area contributed by atoms with E-state index in [9.17, 15) is 18.0 Å². The first kappa shape index (κ1) is 18.2. The first-order valence-corrected chi connectivity index (χ1v) is 9.93. The van der Waals surface area contributed by atoms with Gasteiger partial charge in [-0.25, -0.2) is 8.42 Å². The van der Waals surface area contributed by atoms with Gasteiger partial charge in [0.15, 0.2) is 0 Å². The number of sulfonamides is 1. The second kappa shape index (κ2) is 6.95. The highest BCUT2D eigenvalue weighted by atomic mass is 32.2. The molecule has 0 spiro atoms. The molecule has 0 bridgehead atoms. The molecular weight excluding hydrogens is 354 g/mol. The van der Waals surface area contributed by atoms with Gasteiger partial charge in [-0.05, 0) is 31.4 Å². The van der Waals surface area contributed by atoms with Crippen molar-refractivity contribution in [1.29, 1.82) is 0 Å². The number of hydrogen-bond donors (Lipinski definition) is 1. The number of carbonyl (C=O) groups excluding carboxylic acids is 2. The SMILES string of the molecule is CCNC(=O)CN(CC)C(=O)CN1c2cccc3cccc(c23)S1(=O)=O. The van der Waals surface area contributed by atoms with Crippen LogP contribution in [0.15, 0.2) is 41.3 Å². The third-order valence-electron chi connectivity index (χ3n) is 4.40. The summed E-state index contributed by atoms with van der Waals surface area (Å²) in [4.78, 5) is 26.0. The van der Waals surface area contributed by atoms with Crippen molar-refractivity contribution in [1.82, 2.24) is 10.2 Å². The molecule has 0 unspecified atom stereocenters. The predicted octanol–water partition coefficient (Wildman–Crippen LogP) is 1.33. The van der Waals surface area contributed by atoms with E-state index in [-0.39, 0.29) is 23.9 Å². The summed E-state index contributed by atoms with van der Waals surface area (Å²) in [6.45, 7) is 3.93. The summed E-state index contributed by atoms with van der Waals surface area (Å²) in [5.41, 5.74) is 0.500. The molecule has 26 heavy (non-hydrogen) atoms. The number of nitrogens with zero attached hydrogens (tertiary/aromatic N) is 2. The normalized spacial score (nSPS) is 14.5. The standard InChI is InChI=1S/C18H21N3O4S/c1-3-19-16(22)11-20(4-2)17(23)12-21-14-9-5-7-13-8-6-10-15(18(13)14)26(21,24)25/h5-10H,3-4,11-12H2,1-2H3,(H,19,22).